The molecule has 0 aromatic carbocycles. The second-order valence-corrected chi connectivity index (χ2v) is 8.29. The van der Waals surface area contributed by atoms with Crippen molar-refractivity contribution in [1.82, 2.24) is 29.9 Å². The molecule has 0 saturated heterocycles. The van der Waals surface area contributed by atoms with Gasteiger partial charge in [0.1, 0.15) is 12.3 Å². The van der Waals surface area contributed by atoms with Gasteiger partial charge in [0.15, 0.2) is 17.3 Å². The van der Waals surface area contributed by atoms with Crippen molar-refractivity contribution in [3.05, 3.63) is 35.7 Å². The van der Waals surface area contributed by atoms with E-state index in [-0.39, 0.29) is 29.1 Å². The Bertz CT molecular complexity index is 1200. The standard InChI is InChI=1S/C20H22F5N7O3/c1-9(2)27-19(33)35-14-4-3-11(16(14)22)13-5-15(31-30-13)29-18-26-6-12(21)17-28-10(7-32(17)18)8-34-20(23,24)25/h5-7,9,11,14,16H,3-4,8H2,1-2H3,(H,27,33)(H2,26,29,30,31)/t11-,14-,16-/m1/s1. The van der Waals surface area contributed by atoms with E-state index in [4.69, 9.17) is 4.74 Å². The molecule has 0 radical (unpaired) electrons. The summed E-state index contributed by atoms with van der Waals surface area (Å²) in [6, 6.07) is 1.38. The predicted octanol–water partition coefficient (Wildman–Crippen LogP) is 4.09. The number of nitrogens with zero attached hydrogens (tertiary/aromatic N) is 4. The Kier molecular flexibility index (Phi) is 6.78. The van der Waals surface area contributed by atoms with Crippen LogP contribution in [0.4, 0.5) is 38.5 Å². The SMILES string of the molecule is CC(C)NC(=O)O[C@@H]1CC[C@H](c2cc(Nc3ncc(F)c4nc(COC(F)(F)F)cn34)n[nH]2)[C@H]1F. The van der Waals surface area contributed by atoms with E-state index in [0.717, 1.165) is 16.8 Å². The molecule has 1 fully saturated rings. The highest BCUT2D eigenvalue weighted by atomic mass is 19.4. The van der Waals surface area contributed by atoms with Gasteiger partial charge in [-0.2, -0.15) is 5.10 Å². The number of alkyl carbamates (subject to hydrolysis) is 1. The van der Waals surface area contributed by atoms with Crippen LogP contribution in [0.3, 0.4) is 0 Å². The van der Waals surface area contributed by atoms with Gasteiger partial charge in [-0.1, -0.05) is 0 Å². The highest BCUT2D eigenvalue weighted by Gasteiger charge is 2.41. The molecule has 35 heavy (non-hydrogen) atoms. The van der Waals surface area contributed by atoms with Crippen LogP contribution in [0, 0.1) is 5.82 Å². The Labute approximate surface area is 195 Å². The third-order valence-corrected chi connectivity index (χ3v) is 5.29. The highest BCUT2D eigenvalue weighted by molar-refractivity contribution is 5.67. The van der Waals surface area contributed by atoms with Gasteiger partial charge in [-0.15, -0.1) is 13.2 Å². The van der Waals surface area contributed by atoms with E-state index in [1.165, 1.54) is 6.07 Å². The predicted molar refractivity (Wildman–Crippen MR) is 111 cm³/mol. The maximum absolute atomic E-state index is 15.0. The van der Waals surface area contributed by atoms with Crippen molar-refractivity contribution < 1.29 is 36.2 Å². The van der Waals surface area contributed by atoms with Crippen molar-refractivity contribution >= 4 is 23.5 Å². The Morgan fingerprint density at radius 2 is 2.11 bits per heavy atom. The van der Waals surface area contributed by atoms with Crippen molar-refractivity contribution in [3.63, 3.8) is 0 Å². The molecule has 3 aromatic rings. The van der Waals surface area contributed by atoms with Crippen LogP contribution in [0.15, 0.2) is 18.5 Å². The second kappa shape index (κ2) is 9.64. The van der Waals surface area contributed by atoms with Gasteiger partial charge in [0.25, 0.3) is 0 Å². The van der Waals surface area contributed by atoms with Crippen LogP contribution in [-0.2, 0) is 16.1 Å². The van der Waals surface area contributed by atoms with Crippen LogP contribution in [-0.4, -0.2) is 55.3 Å². The zero-order valence-electron chi connectivity index (χ0n) is 18.6. The molecule has 0 spiro atoms. The van der Waals surface area contributed by atoms with E-state index in [9.17, 15) is 26.7 Å². The number of carbonyl (C=O) groups is 1. The number of H-pyrrole nitrogens is 1. The molecular formula is C20H22F5N7O3. The summed E-state index contributed by atoms with van der Waals surface area (Å²) in [5.41, 5.74) is 0.00991. The summed E-state index contributed by atoms with van der Waals surface area (Å²) in [5, 5.41) is 12.1. The Hall–Kier alpha value is -3.49. The molecule has 10 nitrogen and oxygen atoms in total. The van der Waals surface area contributed by atoms with Crippen molar-refractivity contribution in [2.75, 3.05) is 5.32 Å². The quantitative estimate of drug-likeness (QED) is 0.416. The van der Waals surface area contributed by atoms with Gasteiger partial charge >= 0.3 is 12.5 Å². The molecule has 1 aliphatic carbocycles. The fraction of sp³-hybridized carbons (Fsp3) is 0.500. The third-order valence-electron chi connectivity index (χ3n) is 5.29. The maximum Gasteiger partial charge on any atom is 0.522 e. The molecular weight excluding hydrogens is 481 g/mol. The molecule has 190 valence electrons. The number of ether oxygens (including phenoxy) is 2. The van der Waals surface area contributed by atoms with Gasteiger partial charge < -0.3 is 15.4 Å². The normalized spacial score (nSPS) is 20.5. The summed E-state index contributed by atoms with van der Waals surface area (Å²) in [5.74, 6) is -1.23. The molecule has 3 N–H and O–H groups in total. The van der Waals surface area contributed by atoms with Crippen molar-refractivity contribution in [1.29, 1.82) is 0 Å². The van der Waals surface area contributed by atoms with E-state index >= 15 is 0 Å². The molecule has 3 aromatic heterocycles. The number of hydrogen-bond donors (Lipinski definition) is 3. The molecule has 4 rings (SSSR count). The fourth-order valence-corrected chi connectivity index (χ4v) is 3.80. The number of amides is 1. The molecule has 1 aliphatic rings. The minimum Gasteiger partial charge on any atom is -0.443 e. The summed E-state index contributed by atoms with van der Waals surface area (Å²) < 4.78 is 76.0. The first-order valence-electron chi connectivity index (χ1n) is 10.7. The summed E-state index contributed by atoms with van der Waals surface area (Å²) in [4.78, 5) is 19.5. The van der Waals surface area contributed by atoms with Crippen molar-refractivity contribution in [2.45, 2.75) is 63.9 Å². The number of carbonyl (C=O) groups excluding carboxylic acids is 1. The van der Waals surface area contributed by atoms with Crippen LogP contribution >= 0.6 is 0 Å². The lowest BCUT2D eigenvalue weighted by Gasteiger charge is -2.18. The first-order chi connectivity index (χ1) is 16.5. The van der Waals surface area contributed by atoms with Gasteiger partial charge in [0.05, 0.1) is 18.5 Å². The molecule has 3 atom stereocenters. The van der Waals surface area contributed by atoms with Crippen LogP contribution < -0.4 is 10.6 Å². The number of aromatic amines is 1. The summed E-state index contributed by atoms with van der Waals surface area (Å²) in [7, 11) is 0. The minimum absolute atomic E-state index is 0.0139. The molecule has 3 heterocycles. The topological polar surface area (TPSA) is 118 Å². The number of anilines is 2. The largest absolute Gasteiger partial charge is 0.522 e. The molecule has 1 saturated carbocycles. The first kappa shape index (κ1) is 24.6. The van der Waals surface area contributed by atoms with Crippen molar-refractivity contribution in [3.8, 4) is 0 Å². The minimum atomic E-state index is -4.87. The van der Waals surface area contributed by atoms with E-state index in [0.29, 0.717) is 18.5 Å². The smallest absolute Gasteiger partial charge is 0.443 e. The lowest BCUT2D eigenvalue weighted by molar-refractivity contribution is -0.330. The van der Waals surface area contributed by atoms with E-state index in [1.807, 2.05) is 0 Å². The Morgan fingerprint density at radius 3 is 2.83 bits per heavy atom. The lowest BCUT2D eigenvalue weighted by Crippen LogP contribution is -2.36. The molecule has 0 bridgehead atoms. The molecule has 0 aliphatic heterocycles. The van der Waals surface area contributed by atoms with E-state index < -0.39 is 43.1 Å². The number of nitrogens with one attached hydrogen (secondary N) is 3. The number of imidazole rings is 1. The fourth-order valence-electron chi connectivity index (χ4n) is 3.80. The van der Waals surface area contributed by atoms with Gasteiger partial charge in [0, 0.05) is 29.9 Å². The van der Waals surface area contributed by atoms with Crippen molar-refractivity contribution in [2.24, 2.45) is 0 Å². The molecule has 1 amide bonds. The van der Waals surface area contributed by atoms with Gasteiger partial charge in [0.2, 0.25) is 5.95 Å². The lowest BCUT2D eigenvalue weighted by atomic mass is 10.0. The van der Waals surface area contributed by atoms with Gasteiger partial charge in [-0.25, -0.2) is 23.5 Å². The van der Waals surface area contributed by atoms with E-state index in [2.05, 4.69) is 35.5 Å². The average molecular weight is 503 g/mol. The summed E-state index contributed by atoms with van der Waals surface area (Å²) in [6.07, 6.45) is -5.18. The monoisotopic (exact) mass is 503 g/mol. The van der Waals surface area contributed by atoms with Crippen LogP contribution in [0.25, 0.3) is 5.65 Å². The van der Waals surface area contributed by atoms with Crippen LogP contribution in [0.1, 0.15) is 44.0 Å². The molecule has 0 unspecified atom stereocenters. The summed E-state index contributed by atoms with van der Waals surface area (Å²) in [6.45, 7) is 2.61. The number of alkyl halides is 4. The Morgan fingerprint density at radius 1 is 1.34 bits per heavy atom. The number of rotatable bonds is 7. The number of fused-ring (bicyclic) bond motifs is 1. The van der Waals surface area contributed by atoms with Crippen LogP contribution in [0.2, 0.25) is 0 Å². The Balaban J connectivity index is 1.46. The number of halogens is 5. The molecule has 15 heteroatoms. The van der Waals surface area contributed by atoms with Gasteiger partial charge in [-0.3, -0.25) is 14.2 Å². The van der Waals surface area contributed by atoms with E-state index in [1.54, 1.807) is 13.8 Å². The third kappa shape index (κ3) is 5.78. The maximum atomic E-state index is 15.0. The number of hydrogen-bond acceptors (Lipinski definition) is 7. The highest BCUT2D eigenvalue weighted by Crippen LogP contribution is 2.38. The van der Waals surface area contributed by atoms with Crippen LogP contribution in [0.5, 0.6) is 0 Å². The zero-order chi connectivity index (χ0) is 25.3. The van der Waals surface area contributed by atoms with Gasteiger partial charge in [-0.05, 0) is 26.7 Å². The average Bonchev–Trinajstić information content (AvgIpc) is 3.47. The first-order valence-corrected chi connectivity index (χ1v) is 10.7. The second-order valence-electron chi connectivity index (χ2n) is 8.29. The number of aromatic nitrogens is 5. The summed E-state index contributed by atoms with van der Waals surface area (Å²) >= 11 is 0. The zero-order valence-corrected chi connectivity index (χ0v) is 18.6.